The summed E-state index contributed by atoms with van der Waals surface area (Å²) < 4.78 is 47.6. The molecule has 5 N–H and O–H groups in total. The number of hydrogen-bond donors (Lipinski definition) is 4. The van der Waals surface area contributed by atoms with E-state index in [0.717, 1.165) is 37.3 Å². The van der Waals surface area contributed by atoms with E-state index >= 15 is 0 Å². The van der Waals surface area contributed by atoms with Crippen molar-refractivity contribution in [3.05, 3.63) is 60.2 Å². The Labute approximate surface area is 236 Å². The van der Waals surface area contributed by atoms with Crippen molar-refractivity contribution in [1.29, 1.82) is 0 Å². The predicted octanol–water partition coefficient (Wildman–Crippen LogP) is 4.86. The summed E-state index contributed by atoms with van der Waals surface area (Å²) in [6.45, 7) is 7.92. The lowest BCUT2D eigenvalue weighted by molar-refractivity contribution is -0.161. The molecule has 0 radical (unpaired) electrons. The zero-order valence-corrected chi connectivity index (χ0v) is 23.6. The lowest BCUT2D eigenvalue weighted by Gasteiger charge is -2.30. The number of ether oxygens (including phenoxy) is 1. The van der Waals surface area contributed by atoms with Crippen LogP contribution in [0.4, 0.5) is 24.5 Å². The van der Waals surface area contributed by atoms with Gasteiger partial charge in [-0.25, -0.2) is 0 Å². The predicted molar refractivity (Wildman–Crippen MR) is 154 cm³/mol. The van der Waals surface area contributed by atoms with Gasteiger partial charge in [-0.1, -0.05) is 50.6 Å². The van der Waals surface area contributed by atoms with Gasteiger partial charge in [0.2, 0.25) is 5.91 Å². The summed E-state index contributed by atoms with van der Waals surface area (Å²) in [6, 6.07) is 12.6. The van der Waals surface area contributed by atoms with Crippen LogP contribution in [0.15, 0.2) is 54.6 Å². The van der Waals surface area contributed by atoms with Gasteiger partial charge in [-0.15, -0.1) is 0 Å². The number of morpholine rings is 1. The molecule has 0 aromatic heterocycles. The van der Waals surface area contributed by atoms with Gasteiger partial charge in [-0.05, 0) is 61.6 Å². The van der Waals surface area contributed by atoms with Crippen molar-refractivity contribution in [2.75, 3.05) is 49.6 Å². The van der Waals surface area contributed by atoms with Crippen LogP contribution in [0.25, 0.3) is 0 Å². The molecule has 1 aliphatic heterocycles. The van der Waals surface area contributed by atoms with E-state index in [1.165, 1.54) is 12.1 Å². The molecule has 0 spiro atoms. The normalized spacial score (nSPS) is 16.4. The van der Waals surface area contributed by atoms with Crippen LogP contribution in [-0.4, -0.2) is 63.6 Å². The van der Waals surface area contributed by atoms with E-state index in [9.17, 15) is 18.0 Å². The first-order valence-corrected chi connectivity index (χ1v) is 14.2. The highest BCUT2D eigenvalue weighted by atomic mass is 19.4. The number of nitrogens with one attached hydrogen (secondary N) is 3. The molecule has 2 aromatic rings. The minimum atomic E-state index is -4.55. The molecular formula is C30H44F3N5O2. The number of benzene rings is 2. The molecule has 1 fully saturated rings. The summed E-state index contributed by atoms with van der Waals surface area (Å²) in [5.74, 6) is -0.409. The van der Waals surface area contributed by atoms with E-state index in [1.807, 2.05) is 26.0 Å². The van der Waals surface area contributed by atoms with Crippen molar-refractivity contribution < 1.29 is 22.7 Å². The van der Waals surface area contributed by atoms with Crippen molar-refractivity contribution in [3.63, 3.8) is 0 Å². The smallest absolute Gasteiger partial charge is 0.383 e. The lowest BCUT2D eigenvalue weighted by Crippen LogP contribution is -2.52. The topological polar surface area (TPSA) is 91.7 Å². The molecule has 0 saturated carbocycles. The summed E-state index contributed by atoms with van der Waals surface area (Å²) in [4.78, 5) is 15.7. The minimum absolute atomic E-state index is 0.0201. The molecule has 2 aromatic carbocycles. The molecule has 3 rings (SSSR count). The Hall–Kier alpha value is -2.82. The van der Waals surface area contributed by atoms with Crippen LogP contribution in [0.1, 0.15) is 51.1 Å². The van der Waals surface area contributed by atoms with Gasteiger partial charge in [0.25, 0.3) is 0 Å². The van der Waals surface area contributed by atoms with Crippen molar-refractivity contribution in [2.45, 2.75) is 63.8 Å². The highest BCUT2D eigenvalue weighted by Crippen LogP contribution is 2.33. The Morgan fingerprint density at radius 3 is 2.30 bits per heavy atom. The highest BCUT2D eigenvalue weighted by Gasteiger charge is 2.43. The van der Waals surface area contributed by atoms with Gasteiger partial charge in [-0.2, -0.15) is 13.2 Å². The number of carbonyl (C=O) groups excluding carboxylic acids is 1. The van der Waals surface area contributed by atoms with Gasteiger partial charge in [0.1, 0.15) is 6.04 Å². The van der Waals surface area contributed by atoms with Crippen LogP contribution < -0.4 is 26.6 Å². The van der Waals surface area contributed by atoms with E-state index < -0.39 is 24.2 Å². The second-order valence-electron chi connectivity index (χ2n) is 10.8. The van der Waals surface area contributed by atoms with Gasteiger partial charge in [-0.3, -0.25) is 10.1 Å². The summed E-state index contributed by atoms with van der Waals surface area (Å²) in [5.41, 5.74) is 7.80. The monoisotopic (exact) mass is 563 g/mol. The summed E-state index contributed by atoms with van der Waals surface area (Å²) >= 11 is 0. The summed E-state index contributed by atoms with van der Waals surface area (Å²) in [5, 5.41) is 9.05. The van der Waals surface area contributed by atoms with Crippen LogP contribution in [0, 0.1) is 5.92 Å². The second kappa shape index (κ2) is 15.8. The molecule has 0 bridgehead atoms. The van der Waals surface area contributed by atoms with Crippen LogP contribution >= 0.6 is 0 Å². The highest BCUT2D eigenvalue weighted by molar-refractivity contribution is 5.82. The molecular weight excluding hydrogens is 519 g/mol. The number of hydrogen-bond acceptors (Lipinski definition) is 6. The molecule has 1 aliphatic rings. The minimum Gasteiger partial charge on any atom is -0.383 e. The van der Waals surface area contributed by atoms with Gasteiger partial charge in [0.05, 0.1) is 19.3 Å². The Bertz CT molecular complexity index is 999. The molecule has 40 heavy (non-hydrogen) atoms. The lowest BCUT2D eigenvalue weighted by atomic mass is 9.99. The third-order valence-corrected chi connectivity index (χ3v) is 7.00. The molecule has 1 heterocycles. The number of unbranched alkanes of at least 4 members (excludes halogenated alkanes) is 1. The summed E-state index contributed by atoms with van der Waals surface area (Å²) in [6.07, 6.45) is -2.00. The zero-order chi connectivity index (χ0) is 29.0. The van der Waals surface area contributed by atoms with E-state index in [1.54, 1.807) is 18.2 Å². The van der Waals surface area contributed by atoms with Crippen molar-refractivity contribution in [3.8, 4) is 0 Å². The maximum Gasteiger partial charge on any atom is 0.407 e. The molecule has 0 aliphatic carbocycles. The second-order valence-corrected chi connectivity index (χ2v) is 10.8. The number of halogens is 3. The summed E-state index contributed by atoms with van der Waals surface area (Å²) in [7, 11) is 0. The van der Waals surface area contributed by atoms with Crippen LogP contribution in [0.3, 0.4) is 0 Å². The largest absolute Gasteiger partial charge is 0.407 e. The average Bonchev–Trinajstić information content (AvgIpc) is 2.94. The first kappa shape index (κ1) is 31.7. The molecule has 1 amide bonds. The average molecular weight is 564 g/mol. The number of nitrogens with zero attached hydrogens (tertiary/aromatic N) is 1. The van der Waals surface area contributed by atoms with Crippen molar-refractivity contribution in [2.24, 2.45) is 11.7 Å². The molecule has 222 valence electrons. The third kappa shape index (κ3) is 10.3. The Morgan fingerprint density at radius 1 is 1.02 bits per heavy atom. The number of alkyl halides is 3. The molecule has 7 nitrogen and oxygen atoms in total. The van der Waals surface area contributed by atoms with Crippen LogP contribution in [-0.2, 0) is 9.53 Å². The van der Waals surface area contributed by atoms with Gasteiger partial charge in [0, 0.05) is 37.1 Å². The number of rotatable bonds is 15. The van der Waals surface area contributed by atoms with E-state index in [-0.39, 0.29) is 23.9 Å². The van der Waals surface area contributed by atoms with E-state index in [0.29, 0.717) is 32.7 Å². The molecule has 10 heteroatoms. The molecule has 3 atom stereocenters. The maximum atomic E-state index is 14.1. The molecule has 0 unspecified atom stereocenters. The van der Waals surface area contributed by atoms with Crippen LogP contribution in [0.2, 0.25) is 0 Å². The number of amides is 1. The van der Waals surface area contributed by atoms with Crippen molar-refractivity contribution in [1.82, 2.24) is 10.6 Å². The Balaban J connectivity index is 1.68. The number of carbonyl (C=O) groups is 1. The Morgan fingerprint density at radius 2 is 1.70 bits per heavy atom. The van der Waals surface area contributed by atoms with Crippen molar-refractivity contribution >= 4 is 17.3 Å². The van der Waals surface area contributed by atoms with Gasteiger partial charge < -0.3 is 26.0 Å². The third-order valence-electron chi connectivity index (χ3n) is 7.00. The number of anilines is 2. The van der Waals surface area contributed by atoms with Gasteiger partial charge >= 0.3 is 6.18 Å². The standard InChI is InChI=1S/C30H44F3N5O2/c1-22(2)20-27(37-28(30(31,32)33)23-8-4-3-5-9-23)29(39)36-25(10-6-7-15-34)21-35-24-11-13-26(14-12-24)38-16-18-40-19-17-38/h3-5,8-9,11-14,22,25,27-28,35,37H,6-7,10,15-21,34H2,1-2H3,(H,36,39)/t25-,27-,28-/m0/s1. The van der Waals surface area contributed by atoms with Crippen LogP contribution in [0.5, 0.6) is 0 Å². The SMILES string of the molecule is CC(C)C[C@H](N[C@@H](c1ccccc1)C(F)(F)F)C(=O)N[C@@H](CCCCN)CNc1ccc(N2CCOCC2)cc1. The molecule has 1 saturated heterocycles. The number of nitrogens with two attached hydrogens (primary N) is 1. The fraction of sp³-hybridized carbons (Fsp3) is 0.567. The zero-order valence-electron chi connectivity index (χ0n) is 23.6. The van der Waals surface area contributed by atoms with Gasteiger partial charge in [0.15, 0.2) is 0 Å². The van der Waals surface area contributed by atoms with E-state index in [2.05, 4.69) is 33.0 Å². The first-order chi connectivity index (χ1) is 19.2. The quantitative estimate of drug-likeness (QED) is 0.232. The fourth-order valence-electron chi connectivity index (χ4n) is 4.86. The van der Waals surface area contributed by atoms with E-state index in [4.69, 9.17) is 10.5 Å². The fourth-order valence-corrected chi connectivity index (χ4v) is 4.86. The first-order valence-electron chi connectivity index (χ1n) is 14.2. The maximum absolute atomic E-state index is 14.1. The Kier molecular flexibility index (Phi) is 12.5.